The van der Waals surface area contributed by atoms with E-state index in [2.05, 4.69) is 20.4 Å². The fraction of sp³-hybridized carbons (Fsp3) is 0.500. The summed E-state index contributed by atoms with van der Waals surface area (Å²) >= 11 is 0. The number of rotatable bonds is 10. The van der Waals surface area contributed by atoms with Gasteiger partial charge in [-0.1, -0.05) is 39.3 Å². The number of benzene rings is 1. The van der Waals surface area contributed by atoms with Crippen molar-refractivity contribution in [3.05, 3.63) is 41.5 Å². The van der Waals surface area contributed by atoms with Crippen LogP contribution in [0.25, 0.3) is 0 Å². The Labute approximate surface area is 132 Å². The van der Waals surface area contributed by atoms with Crippen molar-refractivity contribution in [1.29, 1.82) is 0 Å². The molecule has 0 aliphatic rings. The van der Waals surface area contributed by atoms with Crippen LogP contribution in [0.4, 0.5) is 0 Å². The predicted molar refractivity (Wildman–Crippen MR) is 87.5 cm³/mol. The lowest BCUT2D eigenvalue weighted by atomic mass is 9.98. The molecule has 1 aromatic rings. The van der Waals surface area contributed by atoms with Crippen LogP contribution in [0.3, 0.4) is 0 Å². The van der Waals surface area contributed by atoms with E-state index in [1.807, 2.05) is 12.1 Å². The van der Waals surface area contributed by atoms with Crippen molar-refractivity contribution in [1.82, 2.24) is 0 Å². The lowest BCUT2D eigenvalue weighted by Gasteiger charge is -2.16. The molecule has 0 heterocycles. The molecule has 0 spiro atoms. The van der Waals surface area contributed by atoms with E-state index in [1.54, 1.807) is 6.08 Å². The number of carbonyl (C=O) groups is 1. The molecule has 0 amide bonds. The number of aryl methyl sites for hydroxylation is 2. The van der Waals surface area contributed by atoms with Gasteiger partial charge in [0.05, 0.1) is 12.2 Å². The summed E-state index contributed by atoms with van der Waals surface area (Å²) in [5.41, 5.74) is 2.56. The van der Waals surface area contributed by atoms with Gasteiger partial charge in [-0.2, -0.15) is 0 Å². The van der Waals surface area contributed by atoms with Gasteiger partial charge in [0.1, 0.15) is 19.0 Å². The average molecular weight is 306 g/mol. The van der Waals surface area contributed by atoms with E-state index in [4.69, 9.17) is 14.6 Å². The summed E-state index contributed by atoms with van der Waals surface area (Å²) in [4.78, 5) is 12.1. The zero-order valence-electron chi connectivity index (χ0n) is 13.6. The Kier molecular flexibility index (Phi) is 8.30. The molecule has 1 aromatic carbocycles. The first-order chi connectivity index (χ1) is 10.7. The van der Waals surface area contributed by atoms with E-state index in [1.165, 1.54) is 0 Å². The van der Waals surface area contributed by atoms with Crippen LogP contribution in [0.1, 0.15) is 48.2 Å². The van der Waals surface area contributed by atoms with E-state index in [9.17, 15) is 4.79 Å². The van der Waals surface area contributed by atoms with Gasteiger partial charge >= 0.3 is 5.97 Å². The maximum Gasteiger partial charge on any atom is 0.338 e. The molecule has 0 saturated heterocycles. The molecule has 0 unspecified atom stereocenters. The molecule has 4 heteroatoms. The monoisotopic (exact) mass is 306 g/mol. The van der Waals surface area contributed by atoms with E-state index in [0.29, 0.717) is 12.2 Å². The quantitative estimate of drug-likeness (QED) is 0.532. The van der Waals surface area contributed by atoms with Gasteiger partial charge in [-0.3, -0.25) is 0 Å². The molecule has 0 aromatic heterocycles. The minimum atomic E-state index is -0.404. The van der Waals surface area contributed by atoms with Crippen molar-refractivity contribution in [2.75, 3.05) is 19.8 Å². The van der Waals surface area contributed by atoms with Gasteiger partial charge in [0.15, 0.2) is 0 Å². The Morgan fingerprint density at radius 1 is 1.23 bits per heavy atom. The van der Waals surface area contributed by atoms with Gasteiger partial charge in [0, 0.05) is 0 Å². The van der Waals surface area contributed by atoms with E-state index in [-0.39, 0.29) is 13.2 Å². The van der Waals surface area contributed by atoms with Gasteiger partial charge in [-0.05, 0) is 36.1 Å². The molecular formula is C18H26O4. The molecule has 0 radical (unpaired) electrons. The third kappa shape index (κ3) is 5.19. The molecule has 122 valence electrons. The molecule has 1 N–H and O–H groups in total. The molecular weight excluding hydrogens is 280 g/mol. The minimum absolute atomic E-state index is 0.0137. The number of ether oxygens (including phenoxy) is 2. The Bertz CT molecular complexity index is 467. The second-order valence-electron chi connectivity index (χ2n) is 5.08. The van der Waals surface area contributed by atoms with E-state index >= 15 is 0 Å². The summed E-state index contributed by atoms with van der Waals surface area (Å²) in [7, 11) is 0. The Morgan fingerprint density at radius 3 is 2.27 bits per heavy atom. The zero-order valence-corrected chi connectivity index (χ0v) is 13.6. The highest BCUT2D eigenvalue weighted by Crippen LogP contribution is 2.29. The molecule has 22 heavy (non-hydrogen) atoms. The smallest absolute Gasteiger partial charge is 0.338 e. The topological polar surface area (TPSA) is 55.8 Å². The largest absolute Gasteiger partial charge is 0.489 e. The number of hydrogen-bond acceptors (Lipinski definition) is 4. The van der Waals surface area contributed by atoms with Gasteiger partial charge in [0.2, 0.25) is 0 Å². The first kappa shape index (κ1) is 18.2. The Hall–Kier alpha value is -1.81. The summed E-state index contributed by atoms with van der Waals surface area (Å²) in [5.74, 6) is 0.460. The summed E-state index contributed by atoms with van der Waals surface area (Å²) < 4.78 is 10.8. The molecule has 0 aliphatic heterocycles. The molecule has 0 fully saturated rings. The fourth-order valence-corrected chi connectivity index (χ4v) is 2.33. The number of aliphatic hydroxyl groups is 1. The lowest BCUT2D eigenvalue weighted by molar-refractivity contribution is 0.0433. The van der Waals surface area contributed by atoms with Crippen LogP contribution >= 0.6 is 0 Å². The maximum absolute atomic E-state index is 12.1. The third-order valence-corrected chi connectivity index (χ3v) is 3.19. The maximum atomic E-state index is 12.1. The highest BCUT2D eigenvalue weighted by atomic mass is 16.5. The van der Waals surface area contributed by atoms with Crippen LogP contribution in [-0.2, 0) is 17.6 Å². The highest BCUT2D eigenvalue weighted by Gasteiger charge is 2.16. The van der Waals surface area contributed by atoms with Crippen LogP contribution in [0.15, 0.2) is 24.8 Å². The third-order valence-electron chi connectivity index (χ3n) is 3.19. The number of hydrogen-bond donors (Lipinski definition) is 1. The number of carbonyl (C=O) groups excluding carboxylic acids is 1. The molecule has 0 saturated carbocycles. The van der Waals surface area contributed by atoms with E-state index < -0.39 is 5.97 Å². The summed E-state index contributed by atoms with van der Waals surface area (Å²) in [6.07, 6.45) is 5.32. The fourth-order valence-electron chi connectivity index (χ4n) is 2.33. The summed E-state index contributed by atoms with van der Waals surface area (Å²) in [6.45, 7) is 8.15. The Morgan fingerprint density at radius 2 is 1.82 bits per heavy atom. The summed E-state index contributed by atoms with van der Waals surface area (Å²) in [5, 5.41) is 8.77. The molecule has 0 bridgehead atoms. The molecule has 1 rings (SSSR count). The van der Waals surface area contributed by atoms with Crippen molar-refractivity contribution in [2.24, 2.45) is 0 Å². The normalized spacial score (nSPS) is 10.3. The van der Waals surface area contributed by atoms with Crippen molar-refractivity contribution < 1.29 is 19.4 Å². The SMILES string of the molecule is C=CCOc1c(CCC)cc(C(=O)OCCO)cc1CCC. The lowest BCUT2D eigenvalue weighted by Crippen LogP contribution is -2.11. The first-order valence-electron chi connectivity index (χ1n) is 7.85. The molecule has 4 nitrogen and oxygen atoms in total. The number of esters is 1. The van der Waals surface area contributed by atoms with Gasteiger partial charge in [0.25, 0.3) is 0 Å². The van der Waals surface area contributed by atoms with Crippen LogP contribution < -0.4 is 4.74 Å². The van der Waals surface area contributed by atoms with Crippen molar-refractivity contribution in [2.45, 2.75) is 39.5 Å². The van der Waals surface area contributed by atoms with E-state index in [0.717, 1.165) is 42.6 Å². The molecule has 0 aliphatic carbocycles. The predicted octanol–water partition coefficient (Wildman–Crippen LogP) is 3.31. The van der Waals surface area contributed by atoms with Crippen LogP contribution in [0.5, 0.6) is 5.75 Å². The first-order valence-corrected chi connectivity index (χ1v) is 7.85. The number of aliphatic hydroxyl groups excluding tert-OH is 1. The highest BCUT2D eigenvalue weighted by molar-refractivity contribution is 5.90. The van der Waals surface area contributed by atoms with Gasteiger partial charge in [-0.15, -0.1) is 0 Å². The molecule has 0 atom stereocenters. The second kappa shape index (κ2) is 10.0. The van der Waals surface area contributed by atoms with Crippen molar-refractivity contribution in [3.8, 4) is 5.75 Å². The van der Waals surface area contributed by atoms with Crippen molar-refractivity contribution in [3.63, 3.8) is 0 Å². The van der Waals surface area contributed by atoms with Crippen LogP contribution in [-0.4, -0.2) is 30.9 Å². The van der Waals surface area contributed by atoms with Crippen molar-refractivity contribution >= 4 is 5.97 Å². The Balaban J connectivity index is 3.19. The zero-order chi connectivity index (χ0) is 16.4. The summed E-state index contributed by atoms with van der Waals surface area (Å²) in [6, 6.07) is 3.67. The van der Waals surface area contributed by atoms with Gasteiger partial charge in [-0.25, -0.2) is 4.79 Å². The minimum Gasteiger partial charge on any atom is -0.489 e. The van der Waals surface area contributed by atoms with Crippen LogP contribution in [0, 0.1) is 0 Å². The second-order valence-corrected chi connectivity index (χ2v) is 5.08. The standard InChI is InChI=1S/C18H26O4/c1-4-7-14-12-16(18(20)22-11-9-19)13-15(8-5-2)17(14)21-10-6-3/h6,12-13,19H,3-5,7-11H2,1-2H3. The average Bonchev–Trinajstić information content (AvgIpc) is 2.52. The van der Waals surface area contributed by atoms with Crippen LogP contribution in [0.2, 0.25) is 0 Å². The van der Waals surface area contributed by atoms with Gasteiger partial charge < -0.3 is 14.6 Å².